The van der Waals surface area contributed by atoms with Crippen LogP contribution in [-0.4, -0.2) is 30.1 Å². The second-order valence-electron chi connectivity index (χ2n) is 5.08. The summed E-state index contributed by atoms with van der Waals surface area (Å²) in [6.07, 6.45) is 0. The molecule has 0 bridgehead atoms. The lowest BCUT2D eigenvalue weighted by Crippen LogP contribution is -2.40. The van der Waals surface area contributed by atoms with Gasteiger partial charge in [0.2, 0.25) is 0 Å². The Labute approximate surface area is 119 Å². The van der Waals surface area contributed by atoms with Crippen LogP contribution in [0.4, 0.5) is 11.4 Å². The molecule has 0 unspecified atom stereocenters. The van der Waals surface area contributed by atoms with Crippen molar-refractivity contribution in [2.75, 3.05) is 24.1 Å². The predicted octanol–water partition coefficient (Wildman–Crippen LogP) is 3.56. The number of nitrogens with one attached hydrogen (secondary N) is 1. The van der Waals surface area contributed by atoms with E-state index in [1.165, 1.54) is 0 Å². The third kappa shape index (κ3) is 4.50. The van der Waals surface area contributed by atoms with Gasteiger partial charge in [-0.05, 0) is 45.9 Å². The molecule has 0 aliphatic carbocycles. The molecule has 0 amide bonds. The molecule has 3 nitrogen and oxygen atoms in total. The number of nitrogens with zero attached hydrogens (tertiary/aromatic N) is 1. The molecule has 3 N–H and O–H groups in total. The molecule has 1 aromatic rings. The Bertz CT molecular complexity index is 369. The van der Waals surface area contributed by atoms with E-state index in [0.717, 1.165) is 28.9 Å². The van der Waals surface area contributed by atoms with Crippen LogP contribution in [0.3, 0.4) is 0 Å². The standard InChI is InChI=1S/C14H24BrN3/c1-10(2)18(11(3)4)8-7-17-14-9-12(15)5-6-13(14)16/h5-6,9-11,17H,7-8,16H2,1-4H3. The van der Waals surface area contributed by atoms with Crippen LogP contribution in [0.15, 0.2) is 22.7 Å². The number of benzene rings is 1. The summed E-state index contributed by atoms with van der Waals surface area (Å²) in [5, 5.41) is 3.40. The van der Waals surface area contributed by atoms with Gasteiger partial charge in [-0.15, -0.1) is 0 Å². The predicted molar refractivity (Wildman–Crippen MR) is 84.0 cm³/mol. The van der Waals surface area contributed by atoms with Crippen LogP contribution in [0, 0.1) is 0 Å². The maximum absolute atomic E-state index is 5.93. The summed E-state index contributed by atoms with van der Waals surface area (Å²) in [6.45, 7) is 10.8. The fraction of sp³-hybridized carbons (Fsp3) is 0.571. The van der Waals surface area contributed by atoms with Gasteiger partial charge in [-0.3, -0.25) is 4.90 Å². The van der Waals surface area contributed by atoms with Gasteiger partial charge in [-0.1, -0.05) is 15.9 Å². The SMILES string of the molecule is CC(C)N(CCNc1cc(Br)ccc1N)C(C)C. The van der Waals surface area contributed by atoms with Gasteiger partial charge >= 0.3 is 0 Å². The molecule has 1 aromatic carbocycles. The van der Waals surface area contributed by atoms with E-state index in [-0.39, 0.29) is 0 Å². The average molecular weight is 314 g/mol. The van der Waals surface area contributed by atoms with Crippen molar-refractivity contribution in [1.82, 2.24) is 4.90 Å². The number of hydrogen-bond acceptors (Lipinski definition) is 3. The first-order chi connectivity index (χ1) is 8.41. The van der Waals surface area contributed by atoms with Gasteiger partial charge < -0.3 is 11.1 Å². The second-order valence-corrected chi connectivity index (χ2v) is 6.00. The highest BCUT2D eigenvalue weighted by atomic mass is 79.9. The normalized spacial score (nSPS) is 11.6. The minimum absolute atomic E-state index is 0.562. The highest BCUT2D eigenvalue weighted by molar-refractivity contribution is 9.10. The molecule has 0 fully saturated rings. The van der Waals surface area contributed by atoms with Gasteiger partial charge in [0.25, 0.3) is 0 Å². The van der Waals surface area contributed by atoms with Crippen molar-refractivity contribution in [1.29, 1.82) is 0 Å². The lowest BCUT2D eigenvalue weighted by atomic mass is 10.2. The Kier molecular flexibility index (Phi) is 5.96. The summed E-state index contributed by atoms with van der Waals surface area (Å²) >= 11 is 3.46. The molecule has 0 aliphatic rings. The van der Waals surface area contributed by atoms with Crippen molar-refractivity contribution in [2.45, 2.75) is 39.8 Å². The summed E-state index contributed by atoms with van der Waals surface area (Å²) in [5.41, 5.74) is 7.72. The van der Waals surface area contributed by atoms with Crippen molar-refractivity contribution in [3.8, 4) is 0 Å². The molecule has 0 saturated heterocycles. The minimum atomic E-state index is 0.562. The largest absolute Gasteiger partial charge is 0.397 e. The quantitative estimate of drug-likeness (QED) is 0.789. The Morgan fingerprint density at radius 2 is 1.83 bits per heavy atom. The Morgan fingerprint density at radius 3 is 2.39 bits per heavy atom. The van der Waals surface area contributed by atoms with Crippen LogP contribution in [0.5, 0.6) is 0 Å². The molecule has 0 spiro atoms. The molecule has 0 aliphatic heterocycles. The van der Waals surface area contributed by atoms with Crippen LogP contribution in [0.2, 0.25) is 0 Å². The molecule has 0 heterocycles. The fourth-order valence-corrected chi connectivity index (χ4v) is 2.48. The van der Waals surface area contributed by atoms with E-state index in [2.05, 4.69) is 53.8 Å². The molecule has 4 heteroatoms. The van der Waals surface area contributed by atoms with E-state index >= 15 is 0 Å². The summed E-state index contributed by atoms with van der Waals surface area (Å²) in [6, 6.07) is 7.01. The van der Waals surface area contributed by atoms with Gasteiger partial charge in [0.1, 0.15) is 0 Å². The highest BCUT2D eigenvalue weighted by Gasteiger charge is 2.12. The van der Waals surface area contributed by atoms with Crippen LogP contribution >= 0.6 is 15.9 Å². The number of nitrogen functional groups attached to an aromatic ring is 1. The summed E-state index contributed by atoms with van der Waals surface area (Å²) in [4.78, 5) is 2.46. The topological polar surface area (TPSA) is 41.3 Å². The van der Waals surface area contributed by atoms with Crippen molar-refractivity contribution in [3.63, 3.8) is 0 Å². The van der Waals surface area contributed by atoms with E-state index in [4.69, 9.17) is 5.73 Å². The monoisotopic (exact) mass is 313 g/mol. The van der Waals surface area contributed by atoms with Crippen LogP contribution in [0.1, 0.15) is 27.7 Å². The number of anilines is 2. The lowest BCUT2D eigenvalue weighted by Gasteiger charge is -2.30. The van der Waals surface area contributed by atoms with E-state index in [9.17, 15) is 0 Å². The van der Waals surface area contributed by atoms with Crippen molar-refractivity contribution < 1.29 is 0 Å². The summed E-state index contributed by atoms with van der Waals surface area (Å²) in [7, 11) is 0. The molecule has 102 valence electrons. The Hall–Kier alpha value is -0.740. The minimum Gasteiger partial charge on any atom is -0.397 e. The van der Waals surface area contributed by atoms with Crippen molar-refractivity contribution >= 4 is 27.3 Å². The van der Waals surface area contributed by atoms with Crippen LogP contribution < -0.4 is 11.1 Å². The van der Waals surface area contributed by atoms with E-state index in [0.29, 0.717) is 12.1 Å². The highest BCUT2D eigenvalue weighted by Crippen LogP contribution is 2.23. The molecule has 1 rings (SSSR count). The van der Waals surface area contributed by atoms with E-state index < -0.39 is 0 Å². The zero-order valence-corrected chi connectivity index (χ0v) is 13.3. The van der Waals surface area contributed by atoms with Gasteiger partial charge in [0.15, 0.2) is 0 Å². The van der Waals surface area contributed by atoms with Crippen LogP contribution in [-0.2, 0) is 0 Å². The molecular weight excluding hydrogens is 290 g/mol. The zero-order chi connectivity index (χ0) is 13.7. The second kappa shape index (κ2) is 7.00. The van der Waals surface area contributed by atoms with E-state index in [1.807, 2.05) is 18.2 Å². The maximum Gasteiger partial charge on any atom is 0.0585 e. The lowest BCUT2D eigenvalue weighted by molar-refractivity contribution is 0.182. The number of nitrogens with two attached hydrogens (primary N) is 1. The first kappa shape index (κ1) is 15.3. The van der Waals surface area contributed by atoms with Gasteiger partial charge in [-0.2, -0.15) is 0 Å². The summed E-state index contributed by atoms with van der Waals surface area (Å²) in [5.74, 6) is 0. The molecule has 0 aromatic heterocycles. The third-order valence-electron chi connectivity index (χ3n) is 3.03. The van der Waals surface area contributed by atoms with Crippen molar-refractivity contribution in [3.05, 3.63) is 22.7 Å². The third-order valence-corrected chi connectivity index (χ3v) is 3.52. The molecule has 0 saturated carbocycles. The number of rotatable bonds is 6. The molecular formula is C14H24BrN3. The smallest absolute Gasteiger partial charge is 0.0585 e. The fourth-order valence-electron chi connectivity index (χ4n) is 2.11. The summed E-state index contributed by atoms with van der Waals surface area (Å²) < 4.78 is 1.05. The Morgan fingerprint density at radius 1 is 1.22 bits per heavy atom. The van der Waals surface area contributed by atoms with E-state index in [1.54, 1.807) is 0 Å². The molecule has 0 atom stereocenters. The first-order valence-corrected chi connectivity index (χ1v) is 7.25. The zero-order valence-electron chi connectivity index (χ0n) is 11.7. The molecule has 0 radical (unpaired) electrons. The Balaban J connectivity index is 2.52. The average Bonchev–Trinajstić information content (AvgIpc) is 2.27. The number of hydrogen-bond donors (Lipinski definition) is 2. The maximum atomic E-state index is 5.93. The van der Waals surface area contributed by atoms with Crippen LogP contribution in [0.25, 0.3) is 0 Å². The van der Waals surface area contributed by atoms with Gasteiger partial charge in [-0.25, -0.2) is 0 Å². The van der Waals surface area contributed by atoms with Crippen molar-refractivity contribution in [2.24, 2.45) is 0 Å². The molecule has 18 heavy (non-hydrogen) atoms. The van der Waals surface area contributed by atoms with Gasteiger partial charge in [0.05, 0.1) is 11.4 Å². The van der Waals surface area contributed by atoms with Gasteiger partial charge in [0, 0.05) is 29.6 Å². The first-order valence-electron chi connectivity index (χ1n) is 6.46. The number of halogens is 1.